The van der Waals surface area contributed by atoms with Crippen LogP contribution in [0, 0.1) is 0 Å². The van der Waals surface area contributed by atoms with E-state index in [4.69, 9.17) is 5.73 Å². The van der Waals surface area contributed by atoms with Crippen molar-refractivity contribution < 1.29 is 69.1 Å². The molecule has 2 aromatic rings. The standard InChI is InChI=1S/C11H8BF3NO.K/c13-12(14,15)10-6-5-9(11(16)17)7-3-1-2-4-8(7)10;/h1-6H,(H2,16,17);/q-1;+1. The quantitative estimate of drug-likeness (QED) is 0.703. The second-order valence-corrected chi connectivity index (χ2v) is 3.69. The topological polar surface area (TPSA) is 43.1 Å². The Kier molecular flexibility index (Phi) is 5.02. The first kappa shape index (κ1) is 15.7. The summed E-state index contributed by atoms with van der Waals surface area (Å²) in [5.74, 6) is -0.734. The molecule has 0 radical (unpaired) electrons. The van der Waals surface area contributed by atoms with Gasteiger partial charge in [0.15, 0.2) is 0 Å². The molecule has 0 atom stereocenters. The van der Waals surface area contributed by atoms with E-state index in [0.29, 0.717) is 0 Å². The fourth-order valence-corrected chi connectivity index (χ4v) is 1.82. The molecule has 18 heavy (non-hydrogen) atoms. The number of primary amides is 1. The molecule has 2 N–H and O–H groups in total. The van der Waals surface area contributed by atoms with E-state index in [-0.39, 0.29) is 67.7 Å². The second kappa shape index (κ2) is 5.75. The third kappa shape index (κ3) is 2.97. The molecule has 0 fully saturated rings. The van der Waals surface area contributed by atoms with E-state index < -0.39 is 18.3 Å². The van der Waals surface area contributed by atoms with Crippen LogP contribution in [0.3, 0.4) is 0 Å². The maximum atomic E-state index is 12.8. The molecule has 0 saturated heterocycles. The summed E-state index contributed by atoms with van der Waals surface area (Å²) in [6, 6.07) is 7.89. The van der Waals surface area contributed by atoms with Gasteiger partial charge in [-0.2, -0.15) is 0 Å². The Morgan fingerprint density at radius 3 is 2.06 bits per heavy atom. The molecule has 0 bridgehead atoms. The number of hydrogen-bond acceptors (Lipinski definition) is 1. The van der Waals surface area contributed by atoms with E-state index >= 15 is 0 Å². The summed E-state index contributed by atoms with van der Waals surface area (Å²) in [6.45, 7) is -5.11. The molecule has 2 rings (SSSR count). The van der Waals surface area contributed by atoms with Crippen molar-refractivity contribution in [2.45, 2.75) is 0 Å². The number of fused-ring (bicyclic) bond motifs is 1. The number of carbonyl (C=O) groups is 1. The number of carbonyl (C=O) groups excluding carboxylic acids is 1. The second-order valence-electron chi connectivity index (χ2n) is 3.69. The maximum Gasteiger partial charge on any atom is 1.00 e. The van der Waals surface area contributed by atoms with E-state index in [1.54, 1.807) is 6.07 Å². The number of nitrogens with two attached hydrogens (primary N) is 1. The third-order valence-electron chi connectivity index (χ3n) is 2.58. The Balaban J connectivity index is 0.00000162. The van der Waals surface area contributed by atoms with Gasteiger partial charge in [0.2, 0.25) is 5.91 Å². The van der Waals surface area contributed by atoms with E-state index in [2.05, 4.69) is 0 Å². The summed E-state index contributed by atoms with van der Waals surface area (Å²) in [4.78, 5) is 11.1. The van der Waals surface area contributed by atoms with Crippen LogP contribution in [0.1, 0.15) is 10.4 Å². The first-order valence-corrected chi connectivity index (χ1v) is 4.92. The van der Waals surface area contributed by atoms with Crippen molar-refractivity contribution >= 4 is 29.1 Å². The number of halogens is 3. The van der Waals surface area contributed by atoms with Crippen molar-refractivity contribution in [1.82, 2.24) is 0 Å². The van der Waals surface area contributed by atoms with Gasteiger partial charge in [0.25, 0.3) is 0 Å². The predicted molar refractivity (Wildman–Crippen MR) is 61.2 cm³/mol. The summed E-state index contributed by atoms with van der Waals surface area (Å²) >= 11 is 0. The first-order valence-electron chi connectivity index (χ1n) is 4.92. The van der Waals surface area contributed by atoms with Crippen LogP contribution in [0.5, 0.6) is 0 Å². The van der Waals surface area contributed by atoms with Crippen LogP contribution in [0.2, 0.25) is 0 Å². The van der Waals surface area contributed by atoms with Gasteiger partial charge in [-0.15, -0.1) is 5.46 Å². The summed E-state index contributed by atoms with van der Waals surface area (Å²) in [5, 5.41) is 0.244. The molecule has 0 unspecified atom stereocenters. The van der Waals surface area contributed by atoms with Gasteiger partial charge in [0.1, 0.15) is 0 Å². The largest absolute Gasteiger partial charge is 1.00 e. The normalized spacial score (nSPS) is 11.1. The van der Waals surface area contributed by atoms with Gasteiger partial charge in [0.05, 0.1) is 0 Å². The van der Waals surface area contributed by atoms with Crippen LogP contribution in [-0.4, -0.2) is 12.9 Å². The number of amides is 1. The fraction of sp³-hybridized carbons (Fsp3) is 0. The summed E-state index contributed by atoms with van der Waals surface area (Å²) in [6.07, 6.45) is 0. The van der Waals surface area contributed by atoms with E-state index in [1.807, 2.05) is 0 Å². The molecule has 0 aliphatic carbocycles. The molecule has 0 saturated carbocycles. The third-order valence-corrected chi connectivity index (χ3v) is 2.58. The molecule has 0 aliphatic rings. The molecular weight excluding hydrogens is 269 g/mol. The van der Waals surface area contributed by atoms with Gasteiger partial charge in [-0.05, 0) is 10.8 Å². The molecule has 2 nitrogen and oxygen atoms in total. The molecule has 0 spiro atoms. The van der Waals surface area contributed by atoms with E-state index in [0.717, 1.165) is 12.1 Å². The van der Waals surface area contributed by atoms with Crippen LogP contribution >= 0.6 is 0 Å². The van der Waals surface area contributed by atoms with Crippen molar-refractivity contribution in [3.63, 3.8) is 0 Å². The summed E-state index contributed by atoms with van der Waals surface area (Å²) in [5.41, 5.74) is 4.52. The van der Waals surface area contributed by atoms with Crippen molar-refractivity contribution in [3.8, 4) is 0 Å². The molecule has 2 aromatic carbocycles. The van der Waals surface area contributed by atoms with Crippen molar-refractivity contribution in [2.75, 3.05) is 0 Å². The maximum absolute atomic E-state index is 12.8. The Hall–Kier alpha value is -0.339. The fourth-order valence-electron chi connectivity index (χ4n) is 1.82. The minimum Gasteiger partial charge on any atom is -0.445 e. The predicted octanol–water partition coefficient (Wildman–Crippen LogP) is -1.00. The average molecular weight is 277 g/mol. The van der Waals surface area contributed by atoms with Gasteiger partial charge in [-0.3, -0.25) is 4.79 Å². The Morgan fingerprint density at radius 1 is 1.00 bits per heavy atom. The van der Waals surface area contributed by atoms with E-state index in [9.17, 15) is 17.7 Å². The number of rotatable bonds is 2. The Bertz CT molecular complexity index is 600. The van der Waals surface area contributed by atoms with Crippen LogP contribution in [0.15, 0.2) is 36.4 Å². The minimum atomic E-state index is -5.11. The zero-order chi connectivity index (χ0) is 12.6. The van der Waals surface area contributed by atoms with Crippen LogP contribution in [0.25, 0.3) is 10.8 Å². The van der Waals surface area contributed by atoms with Gasteiger partial charge in [-0.25, -0.2) is 0 Å². The zero-order valence-electron chi connectivity index (χ0n) is 9.66. The number of hydrogen-bond donors (Lipinski definition) is 1. The molecular formula is C11H8BF3KNO. The van der Waals surface area contributed by atoms with Gasteiger partial charge >= 0.3 is 58.4 Å². The molecule has 0 heterocycles. The van der Waals surface area contributed by atoms with E-state index in [1.165, 1.54) is 18.2 Å². The summed E-state index contributed by atoms with van der Waals surface area (Å²) in [7, 11) is 0. The Morgan fingerprint density at radius 2 is 1.56 bits per heavy atom. The number of benzene rings is 2. The molecule has 88 valence electrons. The van der Waals surface area contributed by atoms with Crippen molar-refractivity contribution in [2.24, 2.45) is 5.73 Å². The molecule has 1 amide bonds. The Labute approximate surface area is 144 Å². The van der Waals surface area contributed by atoms with Crippen LogP contribution in [0.4, 0.5) is 12.9 Å². The van der Waals surface area contributed by atoms with Gasteiger partial charge in [-0.1, -0.05) is 36.4 Å². The first-order chi connectivity index (χ1) is 7.91. The molecule has 0 aliphatic heterocycles. The molecule has 7 heteroatoms. The summed E-state index contributed by atoms with van der Waals surface area (Å²) < 4.78 is 38.4. The van der Waals surface area contributed by atoms with Gasteiger partial charge < -0.3 is 18.7 Å². The monoisotopic (exact) mass is 277 g/mol. The van der Waals surface area contributed by atoms with Crippen molar-refractivity contribution in [1.29, 1.82) is 0 Å². The van der Waals surface area contributed by atoms with Gasteiger partial charge in [0, 0.05) is 5.56 Å². The average Bonchev–Trinajstić information content (AvgIpc) is 2.26. The minimum absolute atomic E-state index is 0. The van der Waals surface area contributed by atoms with Crippen LogP contribution < -0.4 is 62.6 Å². The zero-order valence-corrected chi connectivity index (χ0v) is 12.8. The smallest absolute Gasteiger partial charge is 0.445 e. The van der Waals surface area contributed by atoms with Crippen molar-refractivity contribution in [3.05, 3.63) is 42.0 Å². The molecule has 0 aromatic heterocycles. The van der Waals surface area contributed by atoms with Crippen LogP contribution in [-0.2, 0) is 0 Å². The SMILES string of the molecule is NC(=O)c1ccc([B-](F)(F)F)c2ccccc12.[K+].